The van der Waals surface area contributed by atoms with E-state index in [1.165, 1.54) is 34.6 Å². The first-order chi connectivity index (χ1) is 14.1. The fourth-order valence-electron chi connectivity index (χ4n) is 4.75. The molecular weight excluding hydrogens is 376 g/mol. The highest BCUT2D eigenvalue weighted by Crippen LogP contribution is 2.35. The number of nitrogens with one attached hydrogen (secondary N) is 2. The topological polar surface area (TPSA) is 73.8 Å². The maximum absolute atomic E-state index is 9.96. The summed E-state index contributed by atoms with van der Waals surface area (Å²) in [4.78, 5) is 13.0. The Kier molecular flexibility index (Phi) is 5.74. The minimum atomic E-state index is -1.67. The molecule has 2 aromatic heterocycles. The molecule has 1 aliphatic rings. The van der Waals surface area contributed by atoms with E-state index in [-0.39, 0.29) is 6.10 Å². The van der Waals surface area contributed by atoms with Crippen molar-refractivity contribution in [3.05, 3.63) is 36.7 Å². The van der Waals surface area contributed by atoms with Gasteiger partial charge in [-0.15, -0.1) is 0 Å². The second-order valence-electron chi connectivity index (χ2n) is 8.31. The molecule has 0 spiro atoms. The van der Waals surface area contributed by atoms with Gasteiger partial charge in [0.25, 0.3) is 0 Å². The van der Waals surface area contributed by atoms with Crippen molar-refractivity contribution in [1.82, 2.24) is 15.0 Å². The first-order valence-electron chi connectivity index (χ1n) is 11.0. The third-order valence-electron chi connectivity index (χ3n) is 7.12. The number of hydrogen-bond donors (Lipinski definition) is 3. The number of aliphatic hydroxyl groups excluding tert-OH is 1. The van der Waals surface area contributed by atoms with Crippen molar-refractivity contribution in [3.8, 4) is 11.1 Å². The minimum absolute atomic E-state index is 0.185. The normalized spacial score (nSPS) is 19.3. The molecule has 0 aliphatic heterocycles. The zero-order valence-corrected chi connectivity index (χ0v) is 18.7. The van der Waals surface area contributed by atoms with Crippen molar-refractivity contribution in [2.24, 2.45) is 5.92 Å². The van der Waals surface area contributed by atoms with E-state index in [1.807, 2.05) is 0 Å². The molecule has 1 fully saturated rings. The van der Waals surface area contributed by atoms with Gasteiger partial charge in [-0.3, -0.25) is 0 Å². The summed E-state index contributed by atoms with van der Waals surface area (Å²) >= 11 is 0. The maximum Gasteiger partial charge on any atom is 0.143 e. The Balaban J connectivity index is 1.89. The van der Waals surface area contributed by atoms with Crippen molar-refractivity contribution >= 4 is 30.2 Å². The monoisotopic (exact) mass is 408 g/mol. The smallest absolute Gasteiger partial charge is 0.143 e. The number of aliphatic hydroxyl groups is 1. The predicted octanol–water partition coefficient (Wildman–Crippen LogP) is 4.52. The van der Waals surface area contributed by atoms with Crippen LogP contribution in [-0.4, -0.2) is 40.8 Å². The van der Waals surface area contributed by atoms with E-state index in [1.54, 1.807) is 6.33 Å². The number of anilines is 1. The summed E-state index contributed by atoms with van der Waals surface area (Å²) < 4.78 is 0. The molecule has 2 atom stereocenters. The third kappa shape index (κ3) is 3.49. The summed E-state index contributed by atoms with van der Waals surface area (Å²) in [5, 5.41) is 16.0. The van der Waals surface area contributed by atoms with E-state index < -0.39 is 8.07 Å². The minimum Gasteiger partial charge on any atom is -0.393 e. The van der Waals surface area contributed by atoms with Gasteiger partial charge in [0, 0.05) is 23.3 Å². The average Bonchev–Trinajstić information content (AvgIpc) is 3.16. The number of H-pyrrole nitrogens is 1. The summed E-state index contributed by atoms with van der Waals surface area (Å²) in [6.07, 6.45) is 3.44. The first-order valence-corrected chi connectivity index (χ1v) is 13.6. The SMILES string of the molecule is CC[Si](CC)(CC)c1[nH]c2ncnc(NC[C@@H]3CC[C@H]3O)c2c1-c1ccccc1. The summed E-state index contributed by atoms with van der Waals surface area (Å²) in [6.45, 7) is 7.76. The highest BCUT2D eigenvalue weighted by Gasteiger charge is 2.35. The molecule has 0 saturated heterocycles. The fraction of sp³-hybridized carbons (Fsp3) is 0.478. The van der Waals surface area contributed by atoms with Crippen LogP contribution in [0, 0.1) is 5.92 Å². The van der Waals surface area contributed by atoms with E-state index in [0.29, 0.717) is 5.92 Å². The highest BCUT2D eigenvalue weighted by molar-refractivity contribution is 6.92. The molecule has 1 aromatic carbocycles. The lowest BCUT2D eigenvalue weighted by atomic mass is 9.82. The molecule has 0 unspecified atom stereocenters. The molecule has 1 aliphatic carbocycles. The van der Waals surface area contributed by atoms with Gasteiger partial charge in [-0.05, 0) is 18.4 Å². The highest BCUT2D eigenvalue weighted by atomic mass is 28.3. The van der Waals surface area contributed by atoms with Crippen LogP contribution in [0.3, 0.4) is 0 Å². The molecule has 6 heteroatoms. The standard InChI is InChI=1S/C23H32N4OSi/c1-4-29(5-2,6-3)23-19(16-10-8-7-9-11-16)20-21(25-15-26-22(20)27-23)24-14-17-12-13-18(17)28/h7-11,15,17-18,28H,4-6,12-14H2,1-3H3,(H2,24,25,26,27)/t17-,18+/m0/s1. The lowest BCUT2D eigenvalue weighted by molar-refractivity contribution is 0.0314. The number of aromatic nitrogens is 3. The lowest BCUT2D eigenvalue weighted by Crippen LogP contribution is -2.47. The quantitative estimate of drug-likeness (QED) is 0.479. The van der Waals surface area contributed by atoms with Crippen LogP contribution < -0.4 is 10.6 Å². The van der Waals surface area contributed by atoms with Crippen LogP contribution in [0.15, 0.2) is 36.7 Å². The number of aromatic amines is 1. The molecule has 1 saturated carbocycles. The van der Waals surface area contributed by atoms with E-state index in [2.05, 4.69) is 71.4 Å². The van der Waals surface area contributed by atoms with Crippen molar-refractivity contribution in [3.63, 3.8) is 0 Å². The summed E-state index contributed by atoms with van der Waals surface area (Å²) in [7, 11) is -1.67. The van der Waals surface area contributed by atoms with Gasteiger partial charge in [0.15, 0.2) is 0 Å². The Morgan fingerprint density at radius 3 is 2.38 bits per heavy atom. The largest absolute Gasteiger partial charge is 0.393 e. The van der Waals surface area contributed by atoms with Crippen LogP contribution in [0.25, 0.3) is 22.2 Å². The Morgan fingerprint density at radius 1 is 1.07 bits per heavy atom. The summed E-state index contributed by atoms with van der Waals surface area (Å²) in [6, 6.07) is 14.3. The van der Waals surface area contributed by atoms with Crippen molar-refractivity contribution in [1.29, 1.82) is 0 Å². The Morgan fingerprint density at radius 2 is 1.79 bits per heavy atom. The van der Waals surface area contributed by atoms with Gasteiger partial charge >= 0.3 is 0 Å². The van der Waals surface area contributed by atoms with E-state index in [9.17, 15) is 5.11 Å². The molecule has 2 heterocycles. The zero-order valence-electron chi connectivity index (χ0n) is 17.7. The fourth-order valence-corrected chi connectivity index (χ4v) is 8.49. The van der Waals surface area contributed by atoms with Crippen molar-refractivity contribution in [2.75, 3.05) is 11.9 Å². The number of benzene rings is 1. The van der Waals surface area contributed by atoms with E-state index >= 15 is 0 Å². The van der Waals surface area contributed by atoms with E-state index in [4.69, 9.17) is 0 Å². The third-order valence-corrected chi connectivity index (χ3v) is 12.6. The molecule has 5 nitrogen and oxygen atoms in total. The van der Waals surface area contributed by atoms with Gasteiger partial charge in [-0.25, -0.2) is 9.97 Å². The van der Waals surface area contributed by atoms with Crippen LogP contribution >= 0.6 is 0 Å². The van der Waals surface area contributed by atoms with Gasteiger partial charge in [0.1, 0.15) is 25.9 Å². The Bertz CT molecular complexity index is 959. The second kappa shape index (κ2) is 8.28. The van der Waals surface area contributed by atoms with Gasteiger partial charge in [-0.1, -0.05) is 69.2 Å². The molecule has 3 N–H and O–H groups in total. The number of rotatable bonds is 8. The second-order valence-corrected chi connectivity index (χ2v) is 13.5. The molecule has 154 valence electrons. The number of fused-ring (bicyclic) bond motifs is 1. The molecule has 0 amide bonds. The molecule has 4 rings (SSSR count). The molecule has 0 radical (unpaired) electrons. The van der Waals surface area contributed by atoms with Crippen LogP contribution in [0.1, 0.15) is 33.6 Å². The molecular formula is C23H32N4OSi. The molecule has 3 aromatic rings. The first kappa shape index (κ1) is 20.1. The number of hydrogen-bond acceptors (Lipinski definition) is 4. The van der Waals surface area contributed by atoms with Crippen molar-refractivity contribution in [2.45, 2.75) is 57.8 Å². The molecule has 0 bridgehead atoms. The van der Waals surface area contributed by atoms with Crippen LogP contribution in [0.5, 0.6) is 0 Å². The summed E-state index contributed by atoms with van der Waals surface area (Å²) in [5.74, 6) is 1.19. The lowest BCUT2D eigenvalue weighted by Gasteiger charge is -2.32. The zero-order chi connectivity index (χ0) is 20.4. The van der Waals surface area contributed by atoms with Crippen LogP contribution in [0.4, 0.5) is 5.82 Å². The maximum atomic E-state index is 9.96. The van der Waals surface area contributed by atoms with Crippen LogP contribution in [0.2, 0.25) is 18.1 Å². The predicted molar refractivity (Wildman–Crippen MR) is 123 cm³/mol. The Labute approximate surface area is 174 Å². The van der Waals surface area contributed by atoms with Gasteiger partial charge < -0.3 is 15.4 Å². The van der Waals surface area contributed by atoms with Crippen LogP contribution in [-0.2, 0) is 0 Å². The average molecular weight is 409 g/mol. The number of nitrogens with zero attached hydrogens (tertiary/aromatic N) is 2. The van der Waals surface area contributed by atoms with Crippen molar-refractivity contribution < 1.29 is 5.11 Å². The van der Waals surface area contributed by atoms with Gasteiger partial charge in [0.2, 0.25) is 0 Å². The Hall–Kier alpha value is -2.18. The van der Waals surface area contributed by atoms with E-state index in [0.717, 1.165) is 36.2 Å². The molecule has 29 heavy (non-hydrogen) atoms. The van der Waals surface area contributed by atoms with Gasteiger partial charge in [0.05, 0.1) is 11.5 Å². The summed E-state index contributed by atoms with van der Waals surface area (Å²) in [5.41, 5.74) is 3.41. The van der Waals surface area contributed by atoms with Gasteiger partial charge in [-0.2, -0.15) is 0 Å².